The Balaban J connectivity index is 0. The molecule has 0 atom stereocenters. The van der Waals surface area contributed by atoms with Crippen molar-refractivity contribution in [1.82, 2.24) is 0 Å². The normalized spacial score (nSPS) is 8.00. The second-order valence-electron chi connectivity index (χ2n) is 2.02. The van der Waals surface area contributed by atoms with Crippen LogP contribution >= 0.6 is 15.9 Å². The fourth-order valence-corrected chi connectivity index (χ4v) is 0.505. The monoisotopic (exact) mass is 268 g/mol. The maximum absolute atomic E-state index is 10.1. The fourth-order valence-electron chi connectivity index (χ4n) is 0.391. The van der Waals surface area contributed by atoms with Gasteiger partial charge in [-0.2, -0.15) is 0 Å². The molecule has 0 saturated heterocycles. The highest BCUT2D eigenvalue weighted by Crippen LogP contribution is 1.84. The number of esters is 3. The molecule has 0 fully saturated rings. The summed E-state index contributed by atoms with van der Waals surface area (Å²) in [5.41, 5.74) is 0. The number of halogens is 1. The van der Waals surface area contributed by atoms with Crippen LogP contribution in [0.15, 0.2) is 0 Å². The maximum atomic E-state index is 10.1. The summed E-state index contributed by atoms with van der Waals surface area (Å²) in [5.74, 6) is -1.34. The lowest BCUT2D eigenvalue weighted by atomic mass is 10.7. The number of carbonyl (C=O) groups is 3. The molecule has 0 aromatic heterocycles. The zero-order valence-electron chi connectivity index (χ0n) is 8.33. The van der Waals surface area contributed by atoms with Gasteiger partial charge in [-0.05, 0) is 6.92 Å². The summed E-state index contributed by atoms with van der Waals surface area (Å²) >= 11 is 2.82. The SMILES string of the molecule is CC(=O)OC(=O)CBr.CCOC(C)=O. The predicted octanol–water partition coefficient (Wildman–Crippen LogP) is 1.04. The molecule has 0 amide bonds. The van der Waals surface area contributed by atoms with Crippen molar-refractivity contribution in [2.75, 3.05) is 11.9 Å². The maximum Gasteiger partial charge on any atom is 0.324 e. The average Bonchev–Trinajstić information content (AvgIpc) is 2.03. The van der Waals surface area contributed by atoms with E-state index in [9.17, 15) is 14.4 Å². The van der Waals surface area contributed by atoms with E-state index >= 15 is 0 Å². The van der Waals surface area contributed by atoms with E-state index in [4.69, 9.17) is 0 Å². The highest BCUT2D eigenvalue weighted by Gasteiger charge is 2.00. The second-order valence-corrected chi connectivity index (χ2v) is 2.58. The summed E-state index contributed by atoms with van der Waals surface area (Å²) in [5, 5.41) is 0.0621. The third-order valence-electron chi connectivity index (χ3n) is 0.714. The minimum absolute atomic E-state index is 0.0621. The molecule has 82 valence electrons. The van der Waals surface area contributed by atoms with Crippen molar-refractivity contribution in [3.05, 3.63) is 0 Å². The standard InChI is InChI=1S/C4H5BrO3.C4H8O2/c1-3(6)8-4(7)2-5;1-3-6-4(2)5/h2H2,1H3;3H2,1-2H3. The van der Waals surface area contributed by atoms with Crippen molar-refractivity contribution in [2.45, 2.75) is 20.8 Å². The quantitative estimate of drug-likeness (QED) is 0.425. The van der Waals surface area contributed by atoms with E-state index < -0.39 is 11.9 Å². The predicted molar refractivity (Wildman–Crippen MR) is 52.9 cm³/mol. The first-order valence-electron chi connectivity index (χ1n) is 3.84. The van der Waals surface area contributed by atoms with Crippen LogP contribution in [0.25, 0.3) is 0 Å². The molecule has 0 aliphatic heterocycles. The third-order valence-corrected chi connectivity index (χ3v) is 1.17. The van der Waals surface area contributed by atoms with E-state index in [1.165, 1.54) is 13.8 Å². The lowest BCUT2D eigenvalue weighted by Gasteiger charge is -1.91. The van der Waals surface area contributed by atoms with Gasteiger partial charge in [-0.3, -0.25) is 14.4 Å². The minimum Gasteiger partial charge on any atom is -0.466 e. The summed E-state index contributed by atoms with van der Waals surface area (Å²) in [4.78, 5) is 29.9. The summed E-state index contributed by atoms with van der Waals surface area (Å²) in [6.07, 6.45) is 0. The zero-order chi connectivity index (χ0) is 11.6. The fraction of sp³-hybridized carbons (Fsp3) is 0.625. The molecular formula is C8H13BrO5. The Morgan fingerprint density at radius 3 is 1.71 bits per heavy atom. The summed E-state index contributed by atoms with van der Waals surface area (Å²) in [7, 11) is 0. The summed E-state index contributed by atoms with van der Waals surface area (Å²) in [6, 6.07) is 0. The van der Waals surface area contributed by atoms with E-state index in [1.807, 2.05) is 0 Å². The molecule has 0 radical (unpaired) electrons. The molecule has 0 aliphatic carbocycles. The Kier molecular flexibility index (Phi) is 11.3. The van der Waals surface area contributed by atoms with Crippen LogP contribution in [0, 0.1) is 0 Å². The molecule has 0 aromatic rings. The van der Waals surface area contributed by atoms with E-state index in [0.717, 1.165) is 0 Å². The number of hydrogen-bond donors (Lipinski definition) is 0. The van der Waals surface area contributed by atoms with Crippen LogP contribution < -0.4 is 0 Å². The molecule has 0 spiro atoms. The van der Waals surface area contributed by atoms with Gasteiger partial charge < -0.3 is 9.47 Å². The highest BCUT2D eigenvalue weighted by molar-refractivity contribution is 9.09. The van der Waals surface area contributed by atoms with E-state index in [0.29, 0.717) is 6.61 Å². The largest absolute Gasteiger partial charge is 0.466 e. The average molecular weight is 269 g/mol. The van der Waals surface area contributed by atoms with Gasteiger partial charge >= 0.3 is 17.9 Å². The number of ether oxygens (including phenoxy) is 2. The first kappa shape index (κ1) is 15.6. The van der Waals surface area contributed by atoms with Gasteiger partial charge in [0.05, 0.1) is 6.61 Å². The molecule has 6 heteroatoms. The smallest absolute Gasteiger partial charge is 0.324 e. The van der Waals surface area contributed by atoms with Crippen LogP contribution in [0.1, 0.15) is 20.8 Å². The Bertz CT molecular complexity index is 202. The van der Waals surface area contributed by atoms with Crippen LogP contribution in [0.4, 0.5) is 0 Å². The van der Waals surface area contributed by atoms with E-state index in [2.05, 4.69) is 25.4 Å². The number of alkyl halides is 1. The van der Waals surface area contributed by atoms with Gasteiger partial charge in [0.15, 0.2) is 0 Å². The van der Waals surface area contributed by atoms with E-state index in [-0.39, 0.29) is 11.3 Å². The topological polar surface area (TPSA) is 69.7 Å². The minimum atomic E-state index is -0.575. The Hall–Kier alpha value is -0.910. The molecule has 0 unspecified atom stereocenters. The Morgan fingerprint density at radius 2 is 1.64 bits per heavy atom. The first-order valence-corrected chi connectivity index (χ1v) is 4.96. The van der Waals surface area contributed by atoms with Crippen molar-refractivity contribution in [3.63, 3.8) is 0 Å². The van der Waals surface area contributed by atoms with Crippen molar-refractivity contribution >= 4 is 33.8 Å². The van der Waals surface area contributed by atoms with Gasteiger partial charge in [0.2, 0.25) is 0 Å². The van der Waals surface area contributed by atoms with Crippen molar-refractivity contribution < 1.29 is 23.9 Å². The molecule has 0 saturated carbocycles. The molecule has 5 nitrogen and oxygen atoms in total. The van der Waals surface area contributed by atoms with E-state index in [1.54, 1.807) is 6.92 Å². The zero-order valence-corrected chi connectivity index (χ0v) is 9.92. The highest BCUT2D eigenvalue weighted by atomic mass is 79.9. The van der Waals surface area contributed by atoms with Gasteiger partial charge in [0, 0.05) is 13.8 Å². The molecule has 0 bridgehead atoms. The molecule has 0 aliphatic rings. The van der Waals surface area contributed by atoms with Gasteiger partial charge in [-0.15, -0.1) is 0 Å². The summed E-state index contributed by atoms with van der Waals surface area (Å²) < 4.78 is 8.48. The van der Waals surface area contributed by atoms with Crippen molar-refractivity contribution in [2.24, 2.45) is 0 Å². The van der Waals surface area contributed by atoms with Crippen LogP contribution in [0.2, 0.25) is 0 Å². The summed E-state index contributed by atoms with van der Waals surface area (Å²) in [6.45, 7) is 4.83. The van der Waals surface area contributed by atoms with Crippen LogP contribution in [0.5, 0.6) is 0 Å². The Labute approximate surface area is 90.9 Å². The second kappa shape index (κ2) is 10.2. The molecule has 0 rings (SSSR count). The van der Waals surface area contributed by atoms with Crippen LogP contribution in [0.3, 0.4) is 0 Å². The molecule has 0 aromatic carbocycles. The van der Waals surface area contributed by atoms with Crippen molar-refractivity contribution in [1.29, 1.82) is 0 Å². The lowest BCUT2D eigenvalue weighted by molar-refractivity contribution is -0.156. The molecular weight excluding hydrogens is 256 g/mol. The number of hydrogen-bond acceptors (Lipinski definition) is 5. The lowest BCUT2D eigenvalue weighted by Crippen LogP contribution is -2.09. The van der Waals surface area contributed by atoms with Gasteiger partial charge in [0.25, 0.3) is 0 Å². The molecule has 0 N–H and O–H groups in total. The van der Waals surface area contributed by atoms with Gasteiger partial charge in [0.1, 0.15) is 5.33 Å². The third kappa shape index (κ3) is 17.3. The van der Waals surface area contributed by atoms with Gasteiger partial charge in [-0.25, -0.2) is 0 Å². The van der Waals surface area contributed by atoms with Gasteiger partial charge in [-0.1, -0.05) is 15.9 Å². The number of rotatable bonds is 2. The van der Waals surface area contributed by atoms with Crippen molar-refractivity contribution in [3.8, 4) is 0 Å². The van der Waals surface area contributed by atoms with Crippen LogP contribution in [-0.2, 0) is 23.9 Å². The van der Waals surface area contributed by atoms with Crippen LogP contribution in [-0.4, -0.2) is 29.8 Å². The first-order chi connectivity index (χ1) is 6.43. The molecule has 0 heterocycles. The number of carbonyl (C=O) groups excluding carboxylic acids is 3. The Morgan fingerprint density at radius 1 is 1.14 bits per heavy atom. The molecule has 14 heavy (non-hydrogen) atoms.